The predicted molar refractivity (Wildman–Crippen MR) is 82.6 cm³/mol. The molecule has 1 heterocycles. The van der Waals surface area contributed by atoms with Crippen molar-refractivity contribution in [3.05, 3.63) is 34.6 Å². The summed E-state index contributed by atoms with van der Waals surface area (Å²) in [4.78, 5) is 14.0. The van der Waals surface area contributed by atoms with Crippen molar-refractivity contribution in [3.8, 4) is 0 Å². The molecule has 5 heteroatoms. The van der Waals surface area contributed by atoms with Gasteiger partial charge in [0.25, 0.3) is 0 Å². The topological polar surface area (TPSA) is 20.3 Å². The Morgan fingerprint density at radius 2 is 2.35 bits per heavy atom. The largest absolute Gasteiger partial charge is 0.342 e. The second-order valence-corrected chi connectivity index (χ2v) is 6.67. The number of carbonyl (C=O) groups is 1. The third-order valence-electron chi connectivity index (χ3n) is 3.54. The van der Waals surface area contributed by atoms with Crippen LogP contribution < -0.4 is 0 Å². The van der Waals surface area contributed by atoms with E-state index in [1.54, 1.807) is 12.1 Å². The Morgan fingerprint density at radius 1 is 1.55 bits per heavy atom. The molecule has 20 heavy (non-hydrogen) atoms. The molecule has 0 N–H and O–H groups in total. The average Bonchev–Trinajstić information content (AvgIpc) is 2.42. The average molecular weight is 316 g/mol. The van der Waals surface area contributed by atoms with Gasteiger partial charge in [-0.25, -0.2) is 4.39 Å². The summed E-state index contributed by atoms with van der Waals surface area (Å²) in [5.41, 5.74) is 0.485. The molecule has 1 aromatic carbocycles. The molecule has 2 nitrogen and oxygen atoms in total. The van der Waals surface area contributed by atoms with E-state index in [-0.39, 0.29) is 11.7 Å². The zero-order valence-electron chi connectivity index (χ0n) is 11.6. The number of amides is 1. The van der Waals surface area contributed by atoms with Crippen LogP contribution in [0.15, 0.2) is 18.2 Å². The molecule has 0 aliphatic carbocycles. The highest BCUT2D eigenvalue weighted by Crippen LogP contribution is 2.24. The normalized spacial score (nSPS) is 19.1. The highest BCUT2D eigenvalue weighted by Gasteiger charge is 2.20. The molecule has 0 radical (unpaired) electrons. The fourth-order valence-corrected chi connectivity index (χ4v) is 3.68. The maximum absolute atomic E-state index is 13.6. The van der Waals surface area contributed by atoms with Gasteiger partial charge in [0.15, 0.2) is 0 Å². The number of piperidine rings is 1. The van der Waals surface area contributed by atoms with Crippen molar-refractivity contribution < 1.29 is 9.18 Å². The maximum Gasteiger partial charge on any atom is 0.232 e. The Balaban J connectivity index is 1.82. The van der Waals surface area contributed by atoms with Crippen LogP contribution in [0.1, 0.15) is 25.3 Å². The van der Waals surface area contributed by atoms with Crippen molar-refractivity contribution in [1.29, 1.82) is 0 Å². The van der Waals surface area contributed by atoms with E-state index in [9.17, 15) is 9.18 Å². The fraction of sp³-hybridized carbons (Fsp3) is 0.533. The molecule has 2 rings (SSSR count). The summed E-state index contributed by atoms with van der Waals surface area (Å²) < 4.78 is 13.6. The molecule has 0 bridgehead atoms. The van der Waals surface area contributed by atoms with Crippen molar-refractivity contribution in [2.45, 2.75) is 25.5 Å². The van der Waals surface area contributed by atoms with Gasteiger partial charge in [0.2, 0.25) is 5.91 Å². The highest BCUT2D eigenvalue weighted by molar-refractivity contribution is 7.99. The molecule has 0 spiro atoms. The molecule has 0 saturated carbocycles. The predicted octanol–water partition coefficient (Wildman–Crippen LogP) is 3.97. The van der Waals surface area contributed by atoms with E-state index >= 15 is 0 Å². The Kier molecular flexibility index (Phi) is 5.73. The van der Waals surface area contributed by atoms with E-state index in [0.717, 1.165) is 19.5 Å². The van der Waals surface area contributed by atoms with Gasteiger partial charge in [-0.1, -0.05) is 24.6 Å². The molecular weight excluding hydrogens is 297 g/mol. The van der Waals surface area contributed by atoms with Crippen LogP contribution >= 0.6 is 23.4 Å². The lowest BCUT2D eigenvalue weighted by atomic mass is 10.0. The number of rotatable bonds is 4. The minimum Gasteiger partial charge on any atom is -0.342 e. The van der Waals surface area contributed by atoms with Crippen LogP contribution in [0, 0.1) is 11.7 Å². The monoisotopic (exact) mass is 315 g/mol. The third-order valence-corrected chi connectivity index (χ3v) is 4.84. The summed E-state index contributed by atoms with van der Waals surface area (Å²) in [6.07, 6.45) is 2.28. The number of hydrogen-bond acceptors (Lipinski definition) is 2. The van der Waals surface area contributed by atoms with Crippen LogP contribution in [0.25, 0.3) is 0 Å². The summed E-state index contributed by atoms with van der Waals surface area (Å²) in [5, 5.41) is 0.427. The Hall–Kier alpha value is -0.740. The zero-order chi connectivity index (χ0) is 14.5. The Morgan fingerprint density at radius 3 is 3.05 bits per heavy atom. The maximum atomic E-state index is 13.6. The van der Waals surface area contributed by atoms with E-state index < -0.39 is 0 Å². The summed E-state index contributed by atoms with van der Waals surface area (Å²) in [7, 11) is 0. The summed E-state index contributed by atoms with van der Waals surface area (Å²) in [6.45, 7) is 3.87. The number of benzene rings is 1. The van der Waals surface area contributed by atoms with Gasteiger partial charge in [-0.3, -0.25) is 4.79 Å². The molecule has 1 amide bonds. The quantitative estimate of drug-likeness (QED) is 0.838. The number of carbonyl (C=O) groups excluding carboxylic acids is 1. The molecule has 1 aliphatic rings. The lowest BCUT2D eigenvalue weighted by molar-refractivity contribution is -0.130. The number of hydrogen-bond donors (Lipinski definition) is 0. The van der Waals surface area contributed by atoms with E-state index in [1.807, 2.05) is 4.90 Å². The second-order valence-electron chi connectivity index (χ2n) is 5.28. The summed E-state index contributed by atoms with van der Waals surface area (Å²) >= 11 is 7.39. The molecule has 1 aliphatic heterocycles. The van der Waals surface area contributed by atoms with Crippen LogP contribution in [0.3, 0.4) is 0 Å². The van der Waals surface area contributed by atoms with Crippen LogP contribution in [-0.4, -0.2) is 29.6 Å². The van der Waals surface area contributed by atoms with Gasteiger partial charge in [0.1, 0.15) is 5.82 Å². The van der Waals surface area contributed by atoms with Crippen molar-refractivity contribution in [1.82, 2.24) is 4.90 Å². The molecule has 1 atom stereocenters. The minimum absolute atomic E-state index is 0.147. The summed E-state index contributed by atoms with van der Waals surface area (Å²) in [6, 6.07) is 4.66. The molecule has 0 unspecified atom stereocenters. The highest BCUT2D eigenvalue weighted by atomic mass is 35.5. The molecule has 0 aromatic heterocycles. The molecule has 1 fully saturated rings. The van der Waals surface area contributed by atoms with Crippen LogP contribution in [0.5, 0.6) is 0 Å². The summed E-state index contributed by atoms with van der Waals surface area (Å²) in [5.74, 6) is 1.25. The van der Waals surface area contributed by atoms with Crippen LogP contribution in [-0.2, 0) is 10.5 Å². The Bertz CT molecular complexity index is 463. The van der Waals surface area contributed by atoms with Gasteiger partial charge in [0.05, 0.1) is 5.75 Å². The lowest BCUT2D eigenvalue weighted by Crippen LogP contribution is -2.40. The van der Waals surface area contributed by atoms with Crippen LogP contribution in [0.2, 0.25) is 5.02 Å². The van der Waals surface area contributed by atoms with E-state index in [0.29, 0.717) is 28.0 Å². The van der Waals surface area contributed by atoms with Crippen LogP contribution in [0.4, 0.5) is 4.39 Å². The van der Waals surface area contributed by atoms with E-state index in [4.69, 9.17) is 11.6 Å². The fourth-order valence-electron chi connectivity index (χ4n) is 2.42. The Labute approximate surface area is 128 Å². The SMILES string of the molecule is C[C@@H]1CCCN(C(=O)CSCc2c(F)cccc2Cl)C1. The van der Waals surface area contributed by atoms with Gasteiger partial charge in [-0.15, -0.1) is 11.8 Å². The first kappa shape index (κ1) is 15.6. The van der Waals surface area contributed by atoms with Crippen molar-refractivity contribution in [2.75, 3.05) is 18.8 Å². The second kappa shape index (κ2) is 7.32. The lowest BCUT2D eigenvalue weighted by Gasteiger charge is -2.30. The minimum atomic E-state index is -0.302. The van der Waals surface area contributed by atoms with Crippen molar-refractivity contribution >= 4 is 29.3 Å². The van der Waals surface area contributed by atoms with Gasteiger partial charge in [-0.2, -0.15) is 0 Å². The molecular formula is C15H19ClFNOS. The van der Waals surface area contributed by atoms with Crippen molar-refractivity contribution in [3.63, 3.8) is 0 Å². The molecule has 110 valence electrons. The van der Waals surface area contributed by atoms with Gasteiger partial charge >= 0.3 is 0 Å². The standard InChI is InChI=1S/C15H19ClFNOS/c1-11-4-3-7-18(8-11)15(19)10-20-9-12-13(16)5-2-6-14(12)17/h2,5-6,11H,3-4,7-10H2,1H3/t11-/m1/s1. The van der Waals surface area contributed by atoms with Gasteiger partial charge in [-0.05, 0) is 30.9 Å². The zero-order valence-corrected chi connectivity index (χ0v) is 13.1. The smallest absolute Gasteiger partial charge is 0.232 e. The third kappa shape index (κ3) is 4.13. The van der Waals surface area contributed by atoms with Gasteiger partial charge in [0, 0.05) is 29.4 Å². The van der Waals surface area contributed by atoms with Crippen molar-refractivity contribution in [2.24, 2.45) is 5.92 Å². The first-order chi connectivity index (χ1) is 9.58. The number of likely N-dealkylation sites (tertiary alicyclic amines) is 1. The number of nitrogens with zero attached hydrogens (tertiary/aromatic N) is 1. The molecule has 1 saturated heterocycles. The number of halogens is 2. The number of thioether (sulfide) groups is 1. The van der Waals surface area contributed by atoms with E-state index in [1.165, 1.54) is 24.2 Å². The first-order valence-electron chi connectivity index (χ1n) is 6.86. The van der Waals surface area contributed by atoms with Gasteiger partial charge < -0.3 is 4.90 Å². The first-order valence-corrected chi connectivity index (χ1v) is 8.39. The molecule has 1 aromatic rings. The van der Waals surface area contributed by atoms with E-state index in [2.05, 4.69) is 6.92 Å².